The predicted octanol–water partition coefficient (Wildman–Crippen LogP) is 2.07. The summed E-state index contributed by atoms with van der Waals surface area (Å²) in [4.78, 5) is 35.2. The molecule has 1 aromatic heterocycles. The molecule has 0 saturated carbocycles. The van der Waals surface area contributed by atoms with Gasteiger partial charge in [0.15, 0.2) is 0 Å². The minimum atomic E-state index is -0.447. The van der Waals surface area contributed by atoms with E-state index in [-0.39, 0.29) is 11.9 Å². The third-order valence-electron chi connectivity index (χ3n) is 3.93. The minimum absolute atomic E-state index is 0.184. The summed E-state index contributed by atoms with van der Waals surface area (Å²) in [7, 11) is 0. The van der Waals surface area contributed by atoms with Crippen LogP contribution in [0.4, 0.5) is 10.5 Å². The second-order valence-electron chi connectivity index (χ2n) is 5.11. The van der Waals surface area contributed by atoms with Crippen molar-refractivity contribution in [1.29, 1.82) is 0 Å². The number of hydrogen-bond donors (Lipinski definition) is 1. The summed E-state index contributed by atoms with van der Waals surface area (Å²) in [5, 5.41) is 0. The summed E-state index contributed by atoms with van der Waals surface area (Å²) in [5.41, 5.74) is 2.37. The molecule has 0 unspecified atom stereocenters. The first kappa shape index (κ1) is 12.6. The van der Waals surface area contributed by atoms with Gasteiger partial charge in [0.2, 0.25) is 0 Å². The third-order valence-corrected chi connectivity index (χ3v) is 4.45. The van der Waals surface area contributed by atoms with Crippen molar-refractivity contribution in [2.24, 2.45) is 0 Å². The van der Waals surface area contributed by atoms with Crippen LogP contribution in [0, 0.1) is 0 Å². The Morgan fingerprint density at radius 3 is 2.76 bits per heavy atom. The Balaban J connectivity index is 1.71. The molecule has 0 radical (unpaired) electrons. The van der Waals surface area contributed by atoms with E-state index in [0.717, 1.165) is 15.9 Å². The highest BCUT2D eigenvalue weighted by molar-refractivity contribution is 9.10. The molecule has 21 heavy (non-hydrogen) atoms. The van der Waals surface area contributed by atoms with Gasteiger partial charge >= 0.3 is 6.03 Å². The fourth-order valence-corrected chi connectivity index (χ4v) is 3.12. The number of amides is 3. The van der Waals surface area contributed by atoms with Crippen LogP contribution in [-0.4, -0.2) is 32.8 Å². The maximum Gasteiger partial charge on any atom is 0.332 e. The van der Waals surface area contributed by atoms with Gasteiger partial charge in [-0.15, -0.1) is 0 Å². The summed E-state index contributed by atoms with van der Waals surface area (Å²) in [5.74, 6) is -0.184. The highest BCUT2D eigenvalue weighted by Gasteiger charge is 2.48. The second-order valence-corrected chi connectivity index (χ2v) is 6.02. The summed E-state index contributed by atoms with van der Waals surface area (Å²) in [6, 6.07) is 6.44. The number of rotatable bonds is 1. The third kappa shape index (κ3) is 1.80. The molecule has 3 heterocycles. The SMILES string of the molecule is O=C1[C@@H]2Cc3nc[nH]c3CN2C(=O)N1c1ccc(Br)cc1. The molecule has 0 aliphatic carbocycles. The molecule has 1 fully saturated rings. The Morgan fingerprint density at radius 1 is 1.24 bits per heavy atom. The van der Waals surface area contributed by atoms with Crippen molar-refractivity contribution in [3.8, 4) is 0 Å². The maximum atomic E-state index is 12.6. The lowest BCUT2D eigenvalue weighted by atomic mass is 10.0. The first-order valence-corrected chi connectivity index (χ1v) is 7.35. The normalized spacial score (nSPS) is 20.7. The van der Waals surface area contributed by atoms with E-state index in [2.05, 4.69) is 25.9 Å². The number of urea groups is 1. The second kappa shape index (κ2) is 4.42. The first-order chi connectivity index (χ1) is 10.1. The topological polar surface area (TPSA) is 69.3 Å². The van der Waals surface area contributed by atoms with E-state index in [4.69, 9.17) is 0 Å². The van der Waals surface area contributed by atoms with Gasteiger partial charge in [0.25, 0.3) is 5.91 Å². The van der Waals surface area contributed by atoms with Crippen LogP contribution in [0.2, 0.25) is 0 Å². The molecule has 6 nitrogen and oxygen atoms in total. The number of imidazole rings is 1. The average molecular weight is 347 g/mol. The van der Waals surface area contributed by atoms with Crippen LogP contribution in [0.1, 0.15) is 11.4 Å². The number of aromatic amines is 1. The van der Waals surface area contributed by atoms with E-state index in [1.165, 1.54) is 4.90 Å². The zero-order chi connectivity index (χ0) is 14.6. The number of benzene rings is 1. The minimum Gasteiger partial charge on any atom is -0.347 e. The lowest BCUT2D eigenvalue weighted by molar-refractivity contribution is -0.120. The summed E-state index contributed by atoms with van der Waals surface area (Å²) in [6.45, 7) is 0.400. The van der Waals surface area contributed by atoms with Gasteiger partial charge in [-0.25, -0.2) is 14.7 Å². The van der Waals surface area contributed by atoms with Crippen LogP contribution >= 0.6 is 15.9 Å². The standard InChI is InChI=1S/C14H11BrN4O2/c15-8-1-3-9(4-2-8)19-13(20)12-5-10-11(17-7-16-10)6-18(12)14(19)21/h1-4,7,12H,5-6H2,(H,16,17)/t12-/m0/s1. The van der Waals surface area contributed by atoms with Crippen molar-refractivity contribution in [3.63, 3.8) is 0 Å². The number of fused-ring (bicyclic) bond motifs is 2. The molecule has 0 bridgehead atoms. The zero-order valence-electron chi connectivity index (χ0n) is 10.9. The van der Waals surface area contributed by atoms with Crippen LogP contribution < -0.4 is 4.90 Å². The summed E-state index contributed by atoms with van der Waals surface area (Å²) < 4.78 is 0.905. The van der Waals surface area contributed by atoms with Crippen molar-refractivity contribution in [1.82, 2.24) is 14.9 Å². The Labute approximate surface area is 128 Å². The fourth-order valence-electron chi connectivity index (χ4n) is 2.86. The first-order valence-electron chi connectivity index (χ1n) is 6.56. The van der Waals surface area contributed by atoms with Crippen molar-refractivity contribution in [3.05, 3.63) is 46.5 Å². The van der Waals surface area contributed by atoms with E-state index < -0.39 is 6.04 Å². The van der Waals surface area contributed by atoms with Crippen LogP contribution in [0.25, 0.3) is 0 Å². The number of halogens is 1. The molecule has 2 aromatic rings. The molecule has 4 rings (SSSR count). The zero-order valence-corrected chi connectivity index (χ0v) is 12.5. The number of aromatic nitrogens is 2. The van der Waals surface area contributed by atoms with Gasteiger partial charge in [0.05, 0.1) is 29.9 Å². The van der Waals surface area contributed by atoms with E-state index in [9.17, 15) is 9.59 Å². The van der Waals surface area contributed by atoms with Gasteiger partial charge in [-0.2, -0.15) is 0 Å². The number of hydrogen-bond acceptors (Lipinski definition) is 3. The number of nitrogens with one attached hydrogen (secondary N) is 1. The summed E-state index contributed by atoms with van der Waals surface area (Å²) >= 11 is 3.35. The van der Waals surface area contributed by atoms with Crippen LogP contribution in [-0.2, 0) is 17.8 Å². The molecule has 1 atom stereocenters. The molecule has 3 amide bonds. The van der Waals surface area contributed by atoms with Crippen LogP contribution in [0.5, 0.6) is 0 Å². The Bertz CT molecular complexity index is 701. The number of H-pyrrole nitrogens is 1. The van der Waals surface area contributed by atoms with Gasteiger partial charge in [-0.1, -0.05) is 15.9 Å². The van der Waals surface area contributed by atoms with Gasteiger partial charge in [-0.05, 0) is 24.3 Å². The summed E-state index contributed by atoms with van der Waals surface area (Å²) in [6.07, 6.45) is 2.07. The molecular formula is C14H11BrN4O2. The fraction of sp³-hybridized carbons (Fsp3) is 0.214. The van der Waals surface area contributed by atoms with Gasteiger partial charge in [0.1, 0.15) is 6.04 Å². The average Bonchev–Trinajstić information content (AvgIpc) is 3.03. The molecule has 106 valence electrons. The quantitative estimate of drug-likeness (QED) is 0.803. The molecule has 1 saturated heterocycles. The molecule has 0 spiro atoms. The molecule has 2 aliphatic rings. The number of carbonyl (C=O) groups is 2. The molecular weight excluding hydrogens is 336 g/mol. The number of imide groups is 1. The van der Waals surface area contributed by atoms with Gasteiger partial charge in [-0.3, -0.25) is 4.79 Å². The lowest BCUT2D eigenvalue weighted by Crippen LogP contribution is -2.40. The van der Waals surface area contributed by atoms with Gasteiger partial charge in [0, 0.05) is 10.9 Å². The smallest absolute Gasteiger partial charge is 0.332 e. The highest BCUT2D eigenvalue weighted by Crippen LogP contribution is 2.32. The number of anilines is 1. The molecule has 2 aliphatic heterocycles. The van der Waals surface area contributed by atoms with E-state index in [1.807, 2.05) is 12.1 Å². The van der Waals surface area contributed by atoms with Crippen molar-refractivity contribution in [2.75, 3.05) is 4.90 Å². The molecule has 1 N–H and O–H groups in total. The number of carbonyl (C=O) groups excluding carboxylic acids is 2. The Morgan fingerprint density at radius 2 is 2.00 bits per heavy atom. The monoisotopic (exact) mass is 346 g/mol. The van der Waals surface area contributed by atoms with E-state index in [0.29, 0.717) is 18.7 Å². The maximum absolute atomic E-state index is 12.6. The molecule has 7 heteroatoms. The largest absolute Gasteiger partial charge is 0.347 e. The molecule has 1 aromatic carbocycles. The lowest BCUT2D eigenvalue weighted by Gasteiger charge is -2.25. The van der Waals surface area contributed by atoms with Crippen molar-refractivity contribution >= 4 is 33.6 Å². The predicted molar refractivity (Wildman–Crippen MR) is 78.6 cm³/mol. The van der Waals surface area contributed by atoms with Gasteiger partial charge < -0.3 is 9.88 Å². The highest BCUT2D eigenvalue weighted by atomic mass is 79.9. The Kier molecular flexibility index (Phi) is 2.65. The van der Waals surface area contributed by atoms with Crippen molar-refractivity contribution in [2.45, 2.75) is 19.0 Å². The number of nitrogens with zero attached hydrogens (tertiary/aromatic N) is 3. The van der Waals surface area contributed by atoms with Crippen molar-refractivity contribution < 1.29 is 9.59 Å². The van der Waals surface area contributed by atoms with E-state index >= 15 is 0 Å². The van der Waals surface area contributed by atoms with E-state index in [1.54, 1.807) is 23.4 Å². The van der Waals surface area contributed by atoms with Crippen LogP contribution in [0.15, 0.2) is 35.1 Å². The van der Waals surface area contributed by atoms with Crippen LogP contribution in [0.3, 0.4) is 0 Å². The Hall–Kier alpha value is -2.15.